The summed E-state index contributed by atoms with van der Waals surface area (Å²) in [5.74, 6) is -0.0518. The normalized spacial score (nSPS) is 18.0. The van der Waals surface area contributed by atoms with Crippen molar-refractivity contribution in [3.8, 4) is 0 Å². The lowest BCUT2D eigenvalue weighted by molar-refractivity contribution is -0.134. The highest BCUT2D eigenvalue weighted by Gasteiger charge is 2.35. The van der Waals surface area contributed by atoms with Crippen LogP contribution in [-0.2, 0) is 23.1 Å². The van der Waals surface area contributed by atoms with Gasteiger partial charge in [0.25, 0.3) is 0 Å². The Balaban J connectivity index is 1.81. The Bertz CT molecular complexity index is 554. The van der Waals surface area contributed by atoms with Crippen molar-refractivity contribution in [1.82, 2.24) is 24.5 Å². The number of likely N-dealkylation sites (N-methyl/N-ethyl adjacent to an activating group) is 2. The number of carbonyl (C=O) groups excluding carboxylic acids is 2. The molecule has 2 rings (SSSR count). The summed E-state index contributed by atoms with van der Waals surface area (Å²) in [5.41, 5.74) is 1.11. The molecule has 128 valence electrons. The summed E-state index contributed by atoms with van der Waals surface area (Å²) in [6.07, 6.45) is 4.89. The lowest BCUT2D eigenvalue weighted by atomic mass is 10.1. The zero-order valence-electron chi connectivity index (χ0n) is 14.5. The fourth-order valence-electron chi connectivity index (χ4n) is 2.79. The van der Waals surface area contributed by atoms with Gasteiger partial charge in [-0.1, -0.05) is 0 Å². The van der Waals surface area contributed by atoms with Crippen LogP contribution in [0.25, 0.3) is 0 Å². The van der Waals surface area contributed by atoms with E-state index in [2.05, 4.69) is 5.10 Å². The molecule has 7 nitrogen and oxygen atoms in total. The molecule has 0 spiro atoms. The van der Waals surface area contributed by atoms with Crippen molar-refractivity contribution < 1.29 is 9.59 Å². The van der Waals surface area contributed by atoms with Gasteiger partial charge in [0, 0.05) is 52.9 Å². The van der Waals surface area contributed by atoms with E-state index in [0.717, 1.165) is 18.5 Å². The van der Waals surface area contributed by atoms with Gasteiger partial charge in [-0.15, -0.1) is 0 Å². The standard InChI is InChI=1S/C16H27N5O2/c1-18(2)7-8-21-12-14(9-15(21)22)16(23)19(3)6-5-13-10-17-20(4)11-13/h10-11,14H,5-9,12H2,1-4H3. The molecule has 7 heteroatoms. The number of aromatic nitrogens is 2. The molecule has 0 N–H and O–H groups in total. The molecule has 1 unspecified atom stereocenters. The summed E-state index contributed by atoms with van der Waals surface area (Å²) in [6.45, 7) is 2.70. The van der Waals surface area contributed by atoms with E-state index >= 15 is 0 Å². The van der Waals surface area contributed by atoms with E-state index in [-0.39, 0.29) is 17.7 Å². The molecule has 1 aliphatic heterocycles. The minimum absolute atomic E-state index is 0.0644. The summed E-state index contributed by atoms with van der Waals surface area (Å²) in [4.78, 5) is 30.1. The molecular formula is C16H27N5O2. The number of hydrogen-bond acceptors (Lipinski definition) is 4. The van der Waals surface area contributed by atoms with Crippen molar-refractivity contribution >= 4 is 11.8 Å². The van der Waals surface area contributed by atoms with Gasteiger partial charge >= 0.3 is 0 Å². The largest absolute Gasteiger partial charge is 0.345 e. The number of likely N-dealkylation sites (tertiary alicyclic amines) is 1. The van der Waals surface area contributed by atoms with Crippen molar-refractivity contribution in [3.05, 3.63) is 18.0 Å². The van der Waals surface area contributed by atoms with Crippen LogP contribution in [0.1, 0.15) is 12.0 Å². The number of hydrogen-bond donors (Lipinski definition) is 0. The van der Waals surface area contributed by atoms with E-state index in [4.69, 9.17) is 0 Å². The third kappa shape index (κ3) is 4.79. The lowest BCUT2D eigenvalue weighted by Gasteiger charge is -2.22. The molecule has 2 amide bonds. The first-order valence-corrected chi connectivity index (χ1v) is 8.02. The van der Waals surface area contributed by atoms with Gasteiger partial charge < -0.3 is 14.7 Å². The Morgan fingerprint density at radius 3 is 2.70 bits per heavy atom. The van der Waals surface area contributed by atoms with Gasteiger partial charge in [0.15, 0.2) is 0 Å². The van der Waals surface area contributed by atoms with Crippen molar-refractivity contribution in [2.75, 3.05) is 47.3 Å². The monoisotopic (exact) mass is 321 g/mol. The number of aryl methyl sites for hydroxylation is 1. The summed E-state index contributed by atoms with van der Waals surface area (Å²) in [5, 5.41) is 4.13. The SMILES string of the molecule is CN(C)CCN1CC(C(=O)N(C)CCc2cnn(C)c2)CC1=O. The Kier molecular flexibility index (Phi) is 5.76. The van der Waals surface area contributed by atoms with Gasteiger partial charge in [-0.05, 0) is 26.1 Å². The summed E-state index contributed by atoms with van der Waals surface area (Å²) in [7, 11) is 7.65. The first kappa shape index (κ1) is 17.5. The van der Waals surface area contributed by atoms with Crippen LogP contribution in [0.15, 0.2) is 12.4 Å². The highest BCUT2D eigenvalue weighted by atomic mass is 16.2. The maximum Gasteiger partial charge on any atom is 0.227 e. The molecule has 1 aromatic rings. The number of nitrogens with zero attached hydrogens (tertiary/aromatic N) is 5. The maximum absolute atomic E-state index is 12.5. The van der Waals surface area contributed by atoms with Crippen LogP contribution in [0.4, 0.5) is 0 Å². The molecule has 0 radical (unpaired) electrons. The average molecular weight is 321 g/mol. The molecule has 2 heterocycles. The third-order valence-electron chi connectivity index (χ3n) is 4.25. The van der Waals surface area contributed by atoms with Crippen molar-refractivity contribution in [2.24, 2.45) is 13.0 Å². The average Bonchev–Trinajstić information content (AvgIpc) is 3.07. The second-order valence-electron chi connectivity index (χ2n) is 6.58. The van der Waals surface area contributed by atoms with Gasteiger partial charge in [0.2, 0.25) is 11.8 Å². The third-order valence-corrected chi connectivity index (χ3v) is 4.25. The number of rotatable bonds is 7. The second-order valence-corrected chi connectivity index (χ2v) is 6.58. The fraction of sp³-hybridized carbons (Fsp3) is 0.688. The van der Waals surface area contributed by atoms with Crippen LogP contribution in [-0.4, -0.2) is 83.6 Å². The van der Waals surface area contributed by atoms with Crippen LogP contribution >= 0.6 is 0 Å². The molecule has 0 saturated carbocycles. The van der Waals surface area contributed by atoms with E-state index in [0.29, 0.717) is 26.1 Å². The summed E-state index contributed by atoms with van der Waals surface area (Å²) in [6, 6.07) is 0. The van der Waals surface area contributed by atoms with Crippen LogP contribution in [0.3, 0.4) is 0 Å². The number of amides is 2. The van der Waals surface area contributed by atoms with Crippen LogP contribution < -0.4 is 0 Å². The molecule has 1 aliphatic rings. The highest BCUT2D eigenvalue weighted by Crippen LogP contribution is 2.19. The molecule has 0 aliphatic carbocycles. The Labute approximate surface area is 137 Å². The van der Waals surface area contributed by atoms with Gasteiger partial charge in [-0.2, -0.15) is 5.10 Å². The van der Waals surface area contributed by atoms with Crippen molar-refractivity contribution in [1.29, 1.82) is 0 Å². The van der Waals surface area contributed by atoms with Gasteiger partial charge in [-0.3, -0.25) is 14.3 Å². The molecule has 1 fully saturated rings. The predicted octanol–water partition coefficient (Wildman–Crippen LogP) is -0.169. The molecular weight excluding hydrogens is 294 g/mol. The van der Waals surface area contributed by atoms with E-state index in [1.807, 2.05) is 45.5 Å². The predicted molar refractivity (Wildman–Crippen MR) is 87.8 cm³/mol. The van der Waals surface area contributed by atoms with E-state index < -0.39 is 0 Å². The van der Waals surface area contributed by atoms with Gasteiger partial charge in [0.1, 0.15) is 0 Å². The molecule has 1 saturated heterocycles. The van der Waals surface area contributed by atoms with E-state index in [9.17, 15) is 9.59 Å². The Morgan fingerprint density at radius 2 is 2.09 bits per heavy atom. The van der Waals surface area contributed by atoms with Crippen LogP contribution in [0.5, 0.6) is 0 Å². The van der Waals surface area contributed by atoms with Gasteiger partial charge in [0.05, 0.1) is 12.1 Å². The summed E-state index contributed by atoms with van der Waals surface area (Å²) >= 11 is 0. The smallest absolute Gasteiger partial charge is 0.227 e. The minimum Gasteiger partial charge on any atom is -0.345 e. The van der Waals surface area contributed by atoms with Gasteiger partial charge in [-0.25, -0.2) is 0 Å². The molecule has 0 bridgehead atoms. The fourth-order valence-corrected chi connectivity index (χ4v) is 2.79. The second kappa shape index (κ2) is 7.59. The first-order valence-electron chi connectivity index (χ1n) is 8.02. The Morgan fingerprint density at radius 1 is 1.35 bits per heavy atom. The zero-order valence-corrected chi connectivity index (χ0v) is 14.5. The quantitative estimate of drug-likeness (QED) is 0.700. The van der Waals surface area contributed by atoms with E-state index in [1.165, 1.54) is 0 Å². The van der Waals surface area contributed by atoms with E-state index in [1.54, 1.807) is 14.5 Å². The molecule has 1 aromatic heterocycles. The topological polar surface area (TPSA) is 61.7 Å². The molecule has 0 aromatic carbocycles. The molecule has 23 heavy (non-hydrogen) atoms. The summed E-state index contributed by atoms with van der Waals surface area (Å²) < 4.78 is 1.76. The maximum atomic E-state index is 12.5. The molecule has 1 atom stereocenters. The lowest BCUT2D eigenvalue weighted by Crippen LogP contribution is -2.37. The van der Waals surface area contributed by atoms with Crippen molar-refractivity contribution in [3.63, 3.8) is 0 Å². The Hall–Kier alpha value is -1.89. The number of carbonyl (C=O) groups is 2. The highest BCUT2D eigenvalue weighted by molar-refractivity contribution is 5.89. The van der Waals surface area contributed by atoms with Crippen molar-refractivity contribution in [2.45, 2.75) is 12.8 Å². The zero-order chi connectivity index (χ0) is 17.0. The minimum atomic E-state index is -0.205. The van der Waals surface area contributed by atoms with Crippen LogP contribution in [0.2, 0.25) is 0 Å². The first-order chi connectivity index (χ1) is 10.9. The van der Waals surface area contributed by atoms with Crippen LogP contribution in [0, 0.1) is 5.92 Å².